The molecule has 2 saturated heterocycles. The van der Waals surface area contributed by atoms with Crippen LogP contribution in [-0.2, 0) is 47.5 Å². The Morgan fingerprint density at radius 2 is 1.63 bits per heavy atom. The summed E-state index contributed by atoms with van der Waals surface area (Å²) < 4.78 is 68.8. The zero-order valence-corrected chi connectivity index (χ0v) is 29.5. The number of ether oxygens (including phenoxy) is 2. The van der Waals surface area contributed by atoms with Gasteiger partial charge in [-0.25, -0.2) is 33.4 Å². The number of phosphoric acid groups is 3. The number of hydrogen-bond acceptors (Lipinski definition) is 17. The van der Waals surface area contributed by atoms with E-state index in [1.807, 2.05) is 6.92 Å². The highest BCUT2D eigenvalue weighted by Crippen LogP contribution is 2.61. The van der Waals surface area contributed by atoms with Gasteiger partial charge in [-0.05, 0) is 18.4 Å². The lowest BCUT2D eigenvalue weighted by Gasteiger charge is -2.22. The number of aryl methyl sites for hydroxylation is 1. The number of anilines is 1. The third kappa shape index (κ3) is 9.25. The fourth-order valence-electron chi connectivity index (χ4n) is 5.51. The van der Waals surface area contributed by atoms with E-state index in [2.05, 4.69) is 19.3 Å². The number of carbonyl (C=O) groups is 1. The maximum absolute atomic E-state index is 12.6. The number of nitrogens with two attached hydrogens (primary N) is 1. The normalized spacial score (nSPS) is 28.9. The van der Waals surface area contributed by atoms with E-state index in [-0.39, 0.29) is 22.5 Å². The first-order valence-electron chi connectivity index (χ1n) is 15.3. The number of aromatic nitrogens is 5. The van der Waals surface area contributed by atoms with E-state index in [4.69, 9.17) is 28.8 Å². The van der Waals surface area contributed by atoms with Gasteiger partial charge in [0.25, 0.3) is 6.23 Å². The number of fused-ring (bicyclic) bond motifs is 1. The van der Waals surface area contributed by atoms with Crippen molar-refractivity contribution < 1.29 is 90.4 Å². The molecule has 3 aromatic heterocycles. The number of aliphatic hydroxyl groups excluding tert-OH is 3. The molecule has 0 bridgehead atoms. The highest BCUT2D eigenvalue weighted by molar-refractivity contribution is 7.61. The Morgan fingerprint density at radius 3 is 2.25 bits per heavy atom. The van der Waals surface area contributed by atoms with Crippen molar-refractivity contribution in [3.8, 4) is 0 Å². The zero-order valence-electron chi connectivity index (χ0n) is 26.9. The molecule has 10 atom stereocenters. The van der Waals surface area contributed by atoms with Gasteiger partial charge < -0.3 is 55.2 Å². The van der Waals surface area contributed by atoms with Gasteiger partial charge in [-0.2, -0.15) is 8.88 Å². The summed E-state index contributed by atoms with van der Waals surface area (Å²) in [5.41, 5.74) is 6.29. The number of aliphatic hydroxyl groups is 3. The van der Waals surface area contributed by atoms with Crippen LogP contribution in [0.2, 0.25) is 0 Å². The van der Waals surface area contributed by atoms with Gasteiger partial charge in [-0.1, -0.05) is 13.3 Å². The number of carboxylic acids is 1. The Balaban J connectivity index is 1.21. The monoisotopic (exact) mass is 801 g/mol. The SMILES string of the molecule is CCCCc1cc[n+]([C@H]2O[C@@H](COP(=O)(O)OP(=O)(O)OC[C@H]3O[C@@H](n4cnc5c(N)ncnc54)[C@H](OP(=O)(O)O)[C@@H]3O)[C@H](O)[C@@H]2O)cc1C(=O)O. The van der Waals surface area contributed by atoms with Gasteiger partial charge in [-0.3, -0.25) is 18.1 Å². The fraction of sp³-hybridized carbons (Fsp3) is 0.560. The lowest BCUT2D eigenvalue weighted by atomic mass is 10.0. The summed E-state index contributed by atoms with van der Waals surface area (Å²) in [4.78, 5) is 62.8. The number of imidazole rings is 1. The summed E-state index contributed by atoms with van der Waals surface area (Å²) in [5, 5.41) is 41.5. The van der Waals surface area contributed by atoms with Crippen molar-refractivity contribution in [1.29, 1.82) is 0 Å². The zero-order chi connectivity index (χ0) is 38.2. The van der Waals surface area contributed by atoms with Gasteiger partial charge in [0.05, 0.1) is 19.5 Å². The molecule has 0 amide bonds. The summed E-state index contributed by atoms with van der Waals surface area (Å²) in [6.45, 7) is -0.126. The second-order valence-electron chi connectivity index (χ2n) is 11.6. The van der Waals surface area contributed by atoms with Crippen molar-refractivity contribution in [1.82, 2.24) is 19.5 Å². The van der Waals surface area contributed by atoms with E-state index < -0.39 is 91.7 Å². The number of pyridine rings is 1. The van der Waals surface area contributed by atoms with E-state index in [0.29, 0.717) is 12.0 Å². The summed E-state index contributed by atoms with van der Waals surface area (Å²) >= 11 is 0. The lowest BCUT2D eigenvalue weighted by molar-refractivity contribution is -0.765. The molecule has 5 rings (SSSR count). The molecule has 2 aliphatic heterocycles. The molecule has 24 nitrogen and oxygen atoms in total. The molecule has 5 heterocycles. The van der Waals surface area contributed by atoms with E-state index in [0.717, 1.165) is 30.1 Å². The van der Waals surface area contributed by atoms with Crippen LogP contribution in [0, 0.1) is 0 Å². The molecule has 3 aromatic rings. The van der Waals surface area contributed by atoms with E-state index in [1.165, 1.54) is 23.0 Å². The Hall–Kier alpha value is -2.86. The van der Waals surface area contributed by atoms with Crippen molar-refractivity contribution in [3.63, 3.8) is 0 Å². The third-order valence-electron chi connectivity index (χ3n) is 7.98. The topological polar surface area (TPSA) is 359 Å². The number of nitrogens with zero attached hydrogens (tertiary/aromatic N) is 5. The molecule has 27 heteroatoms. The minimum absolute atomic E-state index is 0.000712. The maximum Gasteiger partial charge on any atom is 0.481 e. The van der Waals surface area contributed by atoms with Crippen LogP contribution in [0.15, 0.2) is 31.1 Å². The minimum Gasteiger partial charge on any atom is -0.477 e. The van der Waals surface area contributed by atoms with Crippen LogP contribution in [0.3, 0.4) is 0 Å². The molecule has 0 aliphatic carbocycles. The van der Waals surface area contributed by atoms with Crippen molar-refractivity contribution in [3.05, 3.63) is 42.2 Å². The summed E-state index contributed by atoms with van der Waals surface area (Å²) in [5.74, 6) is -1.30. The predicted octanol–water partition coefficient (Wildman–Crippen LogP) is -0.957. The average molecular weight is 802 g/mol. The van der Waals surface area contributed by atoms with Gasteiger partial charge >= 0.3 is 29.4 Å². The Labute approximate surface area is 292 Å². The molecule has 2 unspecified atom stereocenters. The first-order chi connectivity index (χ1) is 24.3. The minimum atomic E-state index is -5.55. The number of aromatic carboxylic acids is 1. The summed E-state index contributed by atoms with van der Waals surface area (Å²) in [6.07, 6.45) is -6.56. The van der Waals surface area contributed by atoms with Crippen molar-refractivity contribution >= 4 is 46.4 Å². The van der Waals surface area contributed by atoms with Crippen LogP contribution in [0.4, 0.5) is 5.82 Å². The molecule has 52 heavy (non-hydrogen) atoms. The Bertz CT molecular complexity index is 1910. The van der Waals surface area contributed by atoms with Gasteiger partial charge in [0.1, 0.15) is 47.9 Å². The standard InChI is InChI=1S/C25H35N6O18P3/c1-2-3-4-12-5-6-30(7-13(12)25(35)36)23-19(34)17(32)14(46-23)8-44-51(40,41)49-52(42,43)45-9-15-18(33)20(48-50(37,38)39)24(47-15)31-11-29-16-21(26)27-10-28-22(16)31/h5-7,10-11,14-15,17-20,23-24,32-34H,2-4,8-9H2,1H3,(H6-,26,27,28,35,36,37,38,39,40,41,42,43)/p+1/t14-,15+,17-,18+,19-,20+,23-,24+/m0/s1. The van der Waals surface area contributed by atoms with Gasteiger partial charge in [0.15, 0.2) is 36.2 Å². The highest BCUT2D eigenvalue weighted by atomic mass is 31.3. The molecule has 10 N–H and O–H groups in total. The average Bonchev–Trinajstić information content (AvgIpc) is 3.71. The van der Waals surface area contributed by atoms with E-state index >= 15 is 0 Å². The largest absolute Gasteiger partial charge is 0.481 e. The number of unbranched alkanes of at least 4 members (excludes halogenated alkanes) is 1. The smallest absolute Gasteiger partial charge is 0.477 e. The van der Waals surface area contributed by atoms with Gasteiger partial charge in [0, 0.05) is 6.07 Å². The second-order valence-corrected chi connectivity index (χ2v) is 15.8. The molecule has 0 saturated carbocycles. The number of hydrogen-bond donors (Lipinski definition) is 9. The molecule has 288 valence electrons. The second kappa shape index (κ2) is 15.9. The first-order valence-corrected chi connectivity index (χ1v) is 19.8. The van der Waals surface area contributed by atoms with Crippen molar-refractivity contribution in [2.45, 2.75) is 75.3 Å². The summed E-state index contributed by atoms with van der Waals surface area (Å²) in [6, 6.07) is 1.52. The van der Waals surface area contributed by atoms with Gasteiger partial charge in [-0.15, -0.1) is 0 Å². The Morgan fingerprint density at radius 1 is 0.981 bits per heavy atom. The van der Waals surface area contributed by atoms with Crippen LogP contribution in [0.1, 0.15) is 48.1 Å². The fourth-order valence-corrected chi connectivity index (χ4v) is 8.15. The van der Waals surface area contributed by atoms with E-state index in [9.17, 15) is 58.5 Å². The van der Waals surface area contributed by atoms with Crippen molar-refractivity contribution in [2.24, 2.45) is 0 Å². The van der Waals surface area contributed by atoms with Crippen molar-refractivity contribution in [2.75, 3.05) is 18.9 Å². The highest BCUT2D eigenvalue weighted by Gasteiger charge is 2.51. The van der Waals surface area contributed by atoms with Gasteiger partial charge in [0.2, 0.25) is 0 Å². The molecule has 2 fully saturated rings. The molecular formula is C25H36N6O18P3+. The molecule has 0 spiro atoms. The van der Waals surface area contributed by atoms with Crippen LogP contribution in [-0.4, -0.2) is 115 Å². The quantitative estimate of drug-likeness (QED) is 0.0622. The van der Waals surface area contributed by atoms with E-state index in [1.54, 1.807) is 0 Å². The number of phosphoric ester groups is 3. The Kier molecular flexibility index (Phi) is 12.3. The van der Waals surface area contributed by atoms with Crippen LogP contribution in [0.25, 0.3) is 11.2 Å². The first kappa shape index (κ1) is 40.3. The molecular weight excluding hydrogens is 765 g/mol. The molecule has 2 aliphatic rings. The number of rotatable bonds is 16. The number of carboxylic acid groups (broad SMARTS) is 1. The van der Waals surface area contributed by atoms with Crippen LogP contribution < -0.4 is 10.3 Å². The third-order valence-corrected chi connectivity index (χ3v) is 11.1. The maximum atomic E-state index is 12.6. The molecule has 0 radical (unpaired) electrons. The van der Waals surface area contributed by atoms with Crippen LogP contribution in [0.5, 0.6) is 0 Å². The number of nitrogen functional groups attached to an aromatic ring is 1. The summed E-state index contributed by atoms with van der Waals surface area (Å²) in [7, 11) is -16.3. The predicted molar refractivity (Wildman–Crippen MR) is 167 cm³/mol. The lowest BCUT2D eigenvalue weighted by Crippen LogP contribution is -2.46. The van der Waals surface area contributed by atoms with Crippen LogP contribution >= 0.6 is 23.5 Å². The molecule has 0 aromatic carbocycles.